The maximum atomic E-state index is 3.62. The van der Waals surface area contributed by atoms with Gasteiger partial charge in [-0.05, 0) is 36.3 Å². The van der Waals surface area contributed by atoms with Crippen LogP contribution in [0.3, 0.4) is 0 Å². The van der Waals surface area contributed by atoms with E-state index in [1.807, 2.05) is 0 Å². The van der Waals surface area contributed by atoms with Gasteiger partial charge in [0.05, 0.1) is 0 Å². The third-order valence-electron chi connectivity index (χ3n) is 3.23. The van der Waals surface area contributed by atoms with E-state index in [4.69, 9.17) is 0 Å². The van der Waals surface area contributed by atoms with Crippen LogP contribution in [0.4, 0.5) is 0 Å². The smallest absolute Gasteiger partial charge is 0.0437 e. The van der Waals surface area contributed by atoms with Crippen LogP contribution in [0.1, 0.15) is 51.3 Å². The summed E-state index contributed by atoms with van der Waals surface area (Å²) >= 11 is 2.07. The number of benzene rings is 1. The molecule has 0 aromatic heterocycles. The number of hydrogen-bond acceptors (Lipinski definition) is 2. The quantitative estimate of drug-likeness (QED) is 0.746. The summed E-state index contributed by atoms with van der Waals surface area (Å²) in [5.74, 6) is 1.25. The van der Waals surface area contributed by atoms with Crippen LogP contribution >= 0.6 is 11.8 Å². The fourth-order valence-corrected chi connectivity index (χ4v) is 3.19. The lowest BCUT2D eigenvalue weighted by Crippen LogP contribution is -2.28. The Kier molecular flexibility index (Phi) is 7.45. The van der Waals surface area contributed by atoms with Crippen molar-refractivity contribution in [2.75, 3.05) is 12.3 Å². The number of aryl methyl sites for hydroxylation is 1. The highest BCUT2D eigenvalue weighted by Gasteiger charge is 2.18. The summed E-state index contributed by atoms with van der Waals surface area (Å²) in [4.78, 5) is 0. The average molecular weight is 265 g/mol. The molecule has 0 spiro atoms. The normalized spacial score (nSPS) is 14.4. The highest BCUT2D eigenvalue weighted by Crippen LogP contribution is 2.27. The molecule has 0 aliphatic heterocycles. The summed E-state index contributed by atoms with van der Waals surface area (Å²) < 4.78 is 0. The van der Waals surface area contributed by atoms with Gasteiger partial charge in [-0.1, -0.05) is 52.0 Å². The van der Waals surface area contributed by atoms with Gasteiger partial charge < -0.3 is 5.32 Å². The van der Waals surface area contributed by atoms with E-state index < -0.39 is 0 Å². The van der Waals surface area contributed by atoms with E-state index in [0.29, 0.717) is 11.3 Å². The molecule has 0 amide bonds. The zero-order chi connectivity index (χ0) is 13.4. The highest BCUT2D eigenvalue weighted by atomic mass is 32.2. The first-order valence-corrected chi connectivity index (χ1v) is 8.21. The molecule has 2 heteroatoms. The molecule has 18 heavy (non-hydrogen) atoms. The predicted molar refractivity (Wildman–Crippen MR) is 84.4 cm³/mol. The summed E-state index contributed by atoms with van der Waals surface area (Å²) in [6, 6.07) is 9.57. The molecule has 0 bridgehead atoms. The minimum atomic E-state index is 0.470. The van der Waals surface area contributed by atoms with Crippen molar-refractivity contribution in [3.8, 4) is 0 Å². The number of hydrogen-bond donors (Lipinski definition) is 1. The van der Waals surface area contributed by atoms with E-state index in [1.165, 1.54) is 23.3 Å². The van der Waals surface area contributed by atoms with Crippen molar-refractivity contribution >= 4 is 11.8 Å². The van der Waals surface area contributed by atoms with E-state index in [0.717, 1.165) is 13.0 Å². The fourth-order valence-electron chi connectivity index (χ4n) is 2.14. The summed E-state index contributed by atoms with van der Waals surface area (Å²) in [6.07, 6.45) is 2.37. The van der Waals surface area contributed by atoms with Crippen molar-refractivity contribution in [2.24, 2.45) is 0 Å². The van der Waals surface area contributed by atoms with Crippen LogP contribution < -0.4 is 5.32 Å². The molecule has 0 radical (unpaired) electrons. The maximum absolute atomic E-state index is 3.62. The monoisotopic (exact) mass is 265 g/mol. The molecule has 0 fully saturated rings. The Balaban J connectivity index is 2.75. The van der Waals surface area contributed by atoms with Crippen LogP contribution in [0.5, 0.6) is 0 Å². The largest absolute Gasteiger partial charge is 0.309 e. The van der Waals surface area contributed by atoms with Crippen LogP contribution in [0.15, 0.2) is 24.3 Å². The van der Waals surface area contributed by atoms with Gasteiger partial charge in [0.1, 0.15) is 0 Å². The third kappa shape index (κ3) is 4.66. The Morgan fingerprint density at radius 2 is 1.78 bits per heavy atom. The van der Waals surface area contributed by atoms with Crippen molar-refractivity contribution in [3.63, 3.8) is 0 Å². The SMILES string of the molecule is CCCSC(C)C(NCC)c1ccc(CC)cc1. The van der Waals surface area contributed by atoms with Gasteiger partial charge in [-0.2, -0.15) is 11.8 Å². The van der Waals surface area contributed by atoms with Crippen LogP contribution in [0.2, 0.25) is 0 Å². The molecule has 0 saturated carbocycles. The zero-order valence-electron chi connectivity index (χ0n) is 12.2. The van der Waals surface area contributed by atoms with Gasteiger partial charge in [0, 0.05) is 11.3 Å². The van der Waals surface area contributed by atoms with E-state index in [2.05, 4.69) is 69.0 Å². The Morgan fingerprint density at radius 1 is 1.11 bits per heavy atom. The molecule has 0 saturated heterocycles. The molecular weight excluding hydrogens is 238 g/mol. The summed E-state index contributed by atoms with van der Waals surface area (Å²) in [5.41, 5.74) is 2.84. The number of rotatable bonds is 8. The second-order valence-corrected chi connectivity index (χ2v) is 6.19. The zero-order valence-corrected chi connectivity index (χ0v) is 13.0. The molecule has 2 atom stereocenters. The van der Waals surface area contributed by atoms with Gasteiger partial charge in [0.2, 0.25) is 0 Å². The van der Waals surface area contributed by atoms with Crippen molar-refractivity contribution in [3.05, 3.63) is 35.4 Å². The molecule has 1 rings (SSSR count). The molecule has 0 aliphatic carbocycles. The van der Waals surface area contributed by atoms with E-state index in [-0.39, 0.29) is 0 Å². The van der Waals surface area contributed by atoms with Gasteiger partial charge in [-0.3, -0.25) is 0 Å². The van der Waals surface area contributed by atoms with Crippen molar-refractivity contribution in [1.29, 1.82) is 0 Å². The molecule has 1 nitrogen and oxygen atoms in total. The molecule has 1 N–H and O–H groups in total. The maximum Gasteiger partial charge on any atom is 0.0437 e. The van der Waals surface area contributed by atoms with Gasteiger partial charge in [0.15, 0.2) is 0 Å². The lowest BCUT2D eigenvalue weighted by Gasteiger charge is -2.25. The number of nitrogens with one attached hydrogen (secondary N) is 1. The van der Waals surface area contributed by atoms with Crippen molar-refractivity contribution in [2.45, 2.75) is 51.8 Å². The highest BCUT2D eigenvalue weighted by molar-refractivity contribution is 7.99. The first kappa shape index (κ1) is 15.6. The van der Waals surface area contributed by atoms with Gasteiger partial charge in [0.25, 0.3) is 0 Å². The lowest BCUT2D eigenvalue weighted by atomic mass is 10.0. The third-order valence-corrected chi connectivity index (χ3v) is 4.67. The minimum Gasteiger partial charge on any atom is -0.309 e. The lowest BCUT2D eigenvalue weighted by molar-refractivity contribution is 0.548. The molecule has 2 unspecified atom stereocenters. The average Bonchev–Trinajstić information content (AvgIpc) is 2.42. The Labute approximate surface area is 117 Å². The molecule has 102 valence electrons. The second-order valence-electron chi connectivity index (χ2n) is 4.71. The summed E-state index contributed by atoms with van der Waals surface area (Å²) in [6.45, 7) is 10.00. The van der Waals surface area contributed by atoms with Gasteiger partial charge in [-0.25, -0.2) is 0 Å². The Morgan fingerprint density at radius 3 is 2.28 bits per heavy atom. The van der Waals surface area contributed by atoms with Crippen LogP contribution in [-0.2, 0) is 6.42 Å². The second kappa shape index (κ2) is 8.60. The molecule has 1 aromatic carbocycles. The first-order chi connectivity index (χ1) is 8.72. The summed E-state index contributed by atoms with van der Waals surface area (Å²) in [7, 11) is 0. The standard InChI is InChI=1S/C16H27NS/c1-5-12-18-13(4)16(17-7-3)15-10-8-14(6-2)9-11-15/h8-11,13,16-17H,5-7,12H2,1-4H3. The van der Waals surface area contributed by atoms with Crippen molar-refractivity contribution < 1.29 is 0 Å². The topological polar surface area (TPSA) is 12.0 Å². The molecule has 0 heterocycles. The van der Waals surface area contributed by atoms with E-state index in [1.54, 1.807) is 0 Å². The van der Waals surface area contributed by atoms with Crippen LogP contribution in [-0.4, -0.2) is 17.5 Å². The van der Waals surface area contributed by atoms with Crippen molar-refractivity contribution in [1.82, 2.24) is 5.32 Å². The van der Waals surface area contributed by atoms with E-state index in [9.17, 15) is 0 Å². The van der Waals surface area contributed by atoms with Gasteiger partial charge in [-0.15, -0.1) is 0 Å². The summed E-state index contributed by atoms with van der Waals surface area (Å²) in [5, 5.41) is 4.25. The number of thioether (sulfide) groups is 1. The predicted octanol–water partition coefficient (Wildman–Crippen LogP) is 4.43. The minimum absolute atomic E-state index is 0.470. The molecule has 1 aromatic rings. The molecule has 0 aliphatic rings. The fraction of sp³-hybridized carbons (Fsp3) is 0.625. The Bertz CT molecular complexity index is 320. The van der Waals surface area contributed by atoms with Crippen LogP contribution in [0, 0.1) is 0 Å². The van der Waals surface area contributed by atoms with Gasteiger partial charge >= 0.3 is 0 Å². The van der Waals surface area contributed by atoms with E-state index >= 15 is 0 Å². The molecular formula is C16H27NS. The first-order valence-electron chi connectivity index (χ1n) is 7.16. The Hall–Kier alpha value is -0.470. The van der Waals surface area contributed by atoms with Crippen LogP contribution in [0.25, 0.3) is 0 Å².